The van der Waals surface area contributed by atoms with E-state index in [4.69, 9.17) is 0 Å². The minimum Gasteiger partial charge on any atom is -0.365 e. The lowest BCUT2D eigenvalue weighted by Crippen LogP contribution is -2.19. The highest BCUT2D eigenvalue weighted by Gasteiger charge is 2.27. The molecule has 7 heteroatoms. The minimum atomic E-state index is -3.68. The van der Waals surface area contributed by atoms with Gasteiger partial charge in [-0.15, -0.1) is 0 Å². The van der Waals surface area contributed by atoms with Gasteiger partial charge in [-0.3, -0.25) is 10.1 Å². The number of nitro benzene ring substituents is 1. The summed E-state index contributed by atoms with van der Waals surface area (Å²) in [4.78, 5) is 12.2. The number of sulfone groups is 1. The number of rotatable bonds is 5. The van der Waals surface area contributed by atoms with E-state index in [1.54, 1.807) is 18.0 Å². The first kappa shape index (κ1) is 17.0. The highest BCUT2D eigenvalue weighted by atomic mass is 32.2. The second-order valence-electron chi connectivity index (χ2n) is 5.44. The third-order valence-electron chi connectivity index (χ3n) is 3.64. The Kier molecular flexibility index (Phi) is 4.70. The highest BCUT2D eigenvalue weighted by Crippen LogP contribution is 2.34. The molecule has 0 aromatic heterocycles. The van der Waals surface area contributed by atoms with Crippen LogP contribution >= 0.6 is 0 Å². The highest BCUT2D eigenvalue weighted by molar-refractivity contribution is 7.90. The van der Waals surface area contributed by atoms with Gasteiger partial charge in [-0.05, 0) is 30.2 Å². The van der Waals surface area contributed by atoms with E-state index in [1.807, 2.05) is 31.2 Å². The van der Waals surface area contributed by atoms with E-state index in [9.17, 15) is 18.5 Å². The van der Waals surface area contributed by atoms with E-state index in [0.29, 0.717) is 6.54 Å². The Morgan fingerprint density at radius 3 is 2.35 bits per heavy atom. The van der Waals surface area contributed by atoms with Crippen LogP contribution in [0.4, 0.5) is 11.4 Å². The molecule has 2 rings (SSSR count). The third kappa shape index (κ3) is 3.68. The lowest BCUT2D eigenvalue weighted by atomic mass is 10.1. The number of hydrogen-bond donors (Lipinski definition) is 0. The predicted molar refractivity (Wildman–Crippen MR) is 89.5 cm³/mol. The molecule has 0 heterocycles. The van der Waals surface area contributed by atoms with Gasteiger partial charge in [0.1, 0.15) is 10.6 Å². The SMILES string of the molecule is Cc1ccccc1CN(C)c1cccc(S(C)(=O)=O)c1[N+](=O)[O-]. The molecule has 0 saturated heterocycles. The van der Waals surface area contributed by atoms with Crippen LogP contribution in [0.1, 0.15) is 11.1 Å². The maximum Gasteiger partial charge on any atom is 0.311 e. The van der Waals surface area contributed by atoms with E-state index in [-0.39, 0.29) is 16.3 Å². The Hall–Kier alpha value is -2.41. The van der Waals surface area contributed by atoms with Crippen molar-refractivity contribution in [2.45, 2.75) is 18.4 Å². The normalized spacial score (nSPS) is 11.3. The standard InChI is InChI=1S/C16H18N2O4S/c1-12-7-4-5-8-13(12)11-17(2)14-9-6-10-15(23(3,21)22)16(14)18(19)20/h4-10H,11H2,1-3H3. The van der Waals surface area contributed by atoms with Crippen LogP contribution in [0.2, 0.25) is 0 Å². The zero-order valence-electron chi connectivity index (χ0n) is 13.2. The predicted octanol–water partition coefficient (Wildman–Crippen LogP) is 2.94. The van der Waals surface area contributed by atoms with Crippen molar-refractivity contribution in [1.82, 2.24) is 0 Å². The molecule has 6 nitrogen and oxygen atoms in total. The van der Waals surface area contributed by atoms with Crippen LogP contribution in [0.15, 0.2) is 47.4 Å². The van der Waals surface area contributed by atoms with Crippen LogP contribution < -0.4 is 4.90 Å². The monoisotopic (exact) mass is 334 g/mol. The Labute approximate surface area is 135 Å². The zero-order valence-corrected chi connectivity index (χ0v) is 14.0. The Morgan fingerprint density at radius 2 is 1.78 bits per heavy atom. The summed E-state index contributed by atoms with van der Waals surface area (Å²) in [6, 6.07) is 12.1. The average molecular weight is 334 g/mol. The number of anilines is 1. The smallest absolute Gasteiger partial charge is 0.311 e. The molecule has 2 aromatic rings. The summed E-state index contributed by atoms with van der Waals surface area (Å²) in [7, 11) is -1.97. The Morgan fingerprint density at radius 1 is 1.13 bits per heavy atom. The fourth-order valence-corrected chi connectivity index (χ4v) is 3.29. The summed E-state index contributed by atoms with van der Waals surface area (Å²) in [6.45, 7) is 2.41. The summed E-state index contributed by atoms with van der Waals surface area (Å²) in [6.07, 6.45) is 0.973. The summed E-state index contributed by atoms with van der Waals surface area (Å²) in [5, 5.41) is 11.4. The second kappa shape index (κ2) is 6.37. The minimum absolute atomic E-state index is 0.267. The van der Waals surface area contributed by atoms with Crippen molar-refractivity contribution >= 4 is 21.2 Å². The molecule has 0 fully saturated rings. The molecule has 0 bridgehead atoms. The van der Waals surface area contributed by atoms with Crippen molar-refractivity contribution in [1.29, 1.82) is 0 Å². The van der Waals surface area contributed by atoms with Crippen molar-refractivity contribution in [3.63, 3.8) is 0 Å². The zero-order chi connectivity index (χ0) is 17.2. The fourth-order valence-electron chi connectivity index (χ4n) is 2.43. The summed E-state index contributed by atoms with van der Waals surface area (Å²) in [5.41, 5.74) is 1.99. The van der Waals surface area contributed by atoms with Crippen LogP contribution in [-0.4, -0.2) is 26.6 Å². The molecule has 122 valence electrons. The van der Waals surface area contributed by atoms with Crippen molar-refractivity contribution in [3.8, 4) is 0 Å². The second-order valence-corrected chi connectivity index (χ2v) is 7.42. The molecule has 0 aliphatic rings. The maximum absolute atomic E-state index is 11.8. The molecular weight excluding hydrogens is 316 g/mol. The van der Waals surface area contributed by atoms with Crippen LogP contribution in [0.25, 0.3) is 0 Å². The summed E-state index contributed by atoms with van der Waals surface area (Å²) in [5.74, 6) is 0. The van der Waals surface area contributed by atoms with Crippen molar-refractivity contribution in [2.75, 3.05) is 18.2 Å². The summed E-state index contributed by atoms with van der Waals surface area (Å²) < 4.78 is 23.6. The number of benzene rings is 2. The van der Waals surface area contributed by atoms with Gasteiger partial charge in [0.2, 0.25) is 0 Å². The van der Waals surface area contributed by atoms with Gasteiger partial charge in [-0.25, -0.2) is 8.42 Å². The molecule has 0 N–H and O–H groups in total. The van der Waals surface area contributed by atoms with Gasteiger partial charge >= 0.3 is 5.69 Å². The molecule has 0 spiro atoms. The number of para-hydroxylation sites is 1. The largest absolute Gasteiger partial charge is 0.365 e. The van der Waals surface area contributed by atoms with E-state index in [2.05, 4.69) is 0 Å². The van der Waals surface area contributed by atoms with Gasteiger partial charge in [-0.2, -0.15) is 0 Å². The fraction of sp³-hybridized carbons (Fsp3) is 0.250. The topological polar surface area (TPSA) is 80.5 Å². The third-order valence-corrected chi connectivity index (χ3v) is 4.77. The molecule has 0 aliphatic heterocycles. The van der Waals surface area contributed by atoms with Gasteiger partial charge < -0.3 is 4.90 Å². The lowest BCUT2D eigenvalue weighted by molar-refractivity contribution is -0.387. The molecule has 23 heavy (non-hydrogen) atoms. The van der Waals surface area contributed by atoms with Crippen molar-refractivity contribution < 1.29 is 13.3 Å². The summed E-state index contributed by atoms with van der Waals surface area (Å²) >= 11 is 0. The lowest BCUT2D eigenvalue weighted by Gasteiger charge is -2.21. The van der Waals surface area contributed by atoms with Gasteiger partial charge in [0.05, 0.1) is 4.92 Å². The van der Waals surface area contributed by atoms with Crippen LogP contribution in [0.3, 0.4) is 0 Å². The molecule has 0 saturated carbocycles. The molecule has 0 atom stereocenters. The van der Waals surface area contributed by atoms with Crippen LogP contribution in [0.5, 0.6) is 0 Å². The van der Waals surface area contributed by atoms with Gasteiger partial charge in [0, 0.05) is 19.8 Å². The molecule has 0 aliphatic carbocycles. The number of nitrogens with zero attached hydrogens (tertiary/aromatic N) is 2. The number of aryl methyl sites for hydroxylation is 1. The quantitative estimate of drug-likeness (QED) is 0.620. The van der Waals surface area contributed by atoms with Gasteiger partial charge in [0.15, 0.2) is 9.84 Å². The van der Waals surface area contributed by atoms with E-state index in [1.165, 1.54) is 12.1 Å². The van der Waals surface area contributed by atoms with Crippen LogP contribution in [0, 0.1) is 17.0 Å². The molecule has 2 aromatic carbocycles. The van der Waals surface area contributed by atoms with E-state index in [0.717, 1.165) is 17.4 Å². The Bertz CT molecular complexity index is 847. The molecule has 0 amide bonds. The maximum atomic E-state index is 11.8. The first-order valence-electron chi connectivity index (χ1n) is 6.95. The van der Waals surface area contributed by atoms with E-state index >= 15 is 0 Å². The molecule has 0 radical (unpaired) electrons. The number of hydrogen-bond acceptors (Lipinski definition) is 5. The van der Waals surface area contributed by atoms with Gasteiger partial charge in [0.25, 0.3) is 0 Å². The van der Waals surface area contributed by atoms with Crippen LogP contribution in [-0.2, 0) is 16.4 Å². The first-order valence-corrected chi connectivity index (χ1v) is 8.84. The first-order chi connectivity index (χ1) is 10.7. The van der Waals surface area contributed by atoms with Crippen molar-refractivity contribution in [3.05, 3.63) is 63.7 Å². The van der Waals surface area contributed by atoms with E-state index < -0.39 is 14.8 Å². The van der Waals surface area contributed by atoms with Gasteiger partial charge in [-0.1, -0.05) is 30.3 Å². The van der Waals surface area contributed by atoms with Crippen molar-refractivity contribution in [2.24, 2.45) is 0 Å². The molecule has 0 unspecified atom stereocenters. The molecular formula is C16H18N2O4S. The number of nitro groups is 1. The average Bonchev–Trinajstić information content (AvgIpc) is 2.47. The Balaban J connectivity index is 2.51.